The predicted molar refractivity (Wildman–Crippen MR) is 164 cm³/mol. The fourth-order valence-corrected chi connectivity index (χ4v) is 5.54. The highest BCUT2D eigenvalue weighted by Gasteiger charge is 2.34. The molecule has 0 aliphatic rings. The molecule has 0 aliphatic carbocycles. The number of hydrogen-bond donors (Lipinski definition) is 1. The van der Waals surface area contributed by atoms with Crippen molar-refractivity contribution >= 4 is 50.7 Å². The lowest BCUT2D eigenvalue weighted by Crippen LogP contribution is -2.54. The van der Waals surface area contributed by atoms with Gasteiger partial charge in [-0.05, 0) is 48.7 Å². The van der Waals surface area contributed by atoms with Crippen molar-refractivity contribution in [3.8, 4) is 5.75 Å². The fraction of sp³-hybridized carbons (Fsp3) is 0.333. The van der Waals surface area contributed by atoms with Crippen LogP contribution in [0.25, 0.3) is 0 Å². The van der Waals surface area contributed by atoms with E-state index < -0.39 is 28.5 Å². The maximum Gasteiger partial charge on any atom is 0.244 e. The van der Waals surface area contributed by atoms with E-state index in [1.165, 1.54) is 17.0 Å². The molecule has 0 saturated heterocycles. The summed E-state index contributed by atoms with van der Waals surface area (Å²) in [6, 6.07) is 20.0. The van der Waals surface area contributed by atoms with Crippen molar-refractivity contribution in [3.05, 3.63) is 94.0 Å². The Labute approximate surface area is 252 Å². The van der Waals surface area contributed by atoms with E-state index in [1.54, 1.807) is 31.4 Å². The average molecular weight is 621 g/mol. The molecule has 2 amide bonds. The van der Waals surface area contributed by atoms with Gasteiger partial charge in [0.15, 0.2) is 0 Å². The molecule has 41 heavy (non-hydrogen) atoms. The normalized spacial score (nSPS) is 12.7. The number of carbonyl (C=O) groups excluding carboxylic acids is 2. The molecule has 0 heterocycles. The van der Waals surface area contributed by atoms with Crippen molar-refractivity contribution in [2.24, 2.45) is 0 Å². The third-order valence-corrected chi connectivity index (χ3v) is 8.57. The summed E-state index contributed by atoms with van der Waals surface area (Å²) in [7, 11) is -2.43. The van der Waals surface area contributed by atoms with Crippen LogP contribution in [0.2, 0.25) is 10.0 Å². The molecule has 3 rings (SSSR count). The van der Waals surface area contributed by atoms with Crippen LogP contribution in [0.5, 0.6) is 5.75 Å². The molecule has 220 valence electrons. The Balaban J connectivity index is 2.10. The molecule has 3 aromatic carbocycles. The number of sulfonamides is 1. The number of rotatable bonds is 13. The van der Waals surface area contributed by atoms with E-state index in [1.807, 2.05) is 50.2 Å². The van der Waals surface area contributed by atoms with E-state index in [0.717, 1.165) is 16.1 Å². The van der Waals surface area contributed by atoms with Gasteiger partial charge < -0.3 is 15.0 Å². The first-order valence-electron chi connectivity index (χ1n) is 13.1. The minimum atomic E-state index is -3.97. The van der Waals surface area contributed by atoms with Gasteiger partial charge in [-0.1, -0.05) is 78.7 Å². The standard InChI is InChI=1S/C30H35Cl2N3O5S/c1-5-21(2)33-30(37)27(18-22-11-7-6-8-12-22)34(19-23-13-9-14-24(17-23)40-3)28(36)20-35(41(4,38)39)26-16-10-15-25(31)29(26)32/h6-17,21,27H,5,18-20H2,1-4H3,(H,33,37)/t21-,27+/m1/s1. The summed E-state index contributed by atoms with van der Waals surface area (Å²) < 4.78 is 32.1. The largest absolute Gasteiger partial charge is 0.497 e. The van der Waals surface area contributed by atoms with Gasteiger partial charge in [-0.3, -0.25) is 13.9 Å². The molecule has 0 unspecified atom stereocenters. The minimum absolute atomic E-state index is 0.00193. The van der Waals surface area contributed by atoms with Crippen LogP contribution in [0, 0.1) is 0 Å². The predicted octanol–water partition coefficient (Wildman–Crippen LogP) is 5.32. The molecule has 3 aromatic rings. The molecule has 0 spiro atoms. The third kappa shape index (κ3) is 8.86. The molecular weight excluding hydrogens is 585 g/mol. The van der Waals surface area contributed by atoms with Crippen LogP contribution in [0.3, 0.4) is 0 Å². The highest BCUT2D eigenvalue weighted by molar-refractivity contribution is 7.92. The Kier molecular flexibility index (Phi) is 11.5. The summed E-state index contributed by atoms with van der Waals surface area (Å²) in [6.45, 7) is 3.28. The summed E-state index contributed by atoms with van der Waals surface area (Å²) in [5.74, 6) is -0.345. The number of methoxy groups -OCH3 is 1. The Morgan fingerprint density at radius 2 is 1.63 bits per heavy atom. The van der Waals surface area contributed by atoms with Crippen molar-refractivity contribution < 1.29 is 22.7 Å². The van der Waals surface area contributed by atoms with Gasteiger partial charge in [0, 0.05) is 19.0 Å². The number of benzene rings is 3. The Hall–Kier alpha value is -3.27. The molecule has 0 aliphatic heterocycles. The second-order valence-electron chi connectivity index (χ2n) is 9.74. The number of amides is 2. The zero-order valence-corrected chi connectivity index (χ0v) is 25.8. The third-order valence-electron chi connectivity index (χ3n) is 6.64. The van der Waals surface area contributed by atoms with E-state index in [0.29, 0.717) is 17.7 Å². The van der Waals surface area contributed by atoms with Crippen LogP contribution in [0.15, 0.2) is 72.8 Å². The Bertz CT molecular complexity index is 1450. The lowest BCUT2D eigenvalue weighted by Gasteiger charge is -2.34. The molecule has 2 atom stereocenters. The van der Waals surface area contributed by atoms with Crippen LogP contribution in [-0.4, -0.2) is 57.1 Å². The Morgan fingerprint density at radius 3 is 2.27 bits per heavy atom. The van der Waals surface area contributed by atoms with Gasteiger partial charge in [0.25, 0.3) is 0 Å². The van der Waals surface area contributed by atoms with E-state index in [4.69, 9.17) is 27.9 Å². The average Bonchev–Trinajstić information content (AvgIpc) is 2.95. The first kappa shape index (κ1) is 32.2. The van der Waals surface area contributed by atoms with Crippen molar-refractivity contribution in [1.29, 1.82) is 0 Å². The smallest absolute Gasteiger partial charge is 0.244 e. The number of nitrogens with one attached hydrogen (secondary N) is 1. The van der Waals surface area contributed by atoms with Crippen LogP contribution in [0.1, 0.15) is 31.4 Å². The number of hydrogen-bond acceptors (Lipinski definition) is 5. The summed E-state index contributed by atoms with van der Waals surface area (Å²) in [5, 5.41) is 3.15. The fourth-order valence-electron chi connectivity index (χ4n) is 4.24. The van der Waals surface area contributed by atoms with Crippen molar-refractivity contribution in [1.82, 2.24) is 10.2 Å². The molecule has 8 nitrogen and oxygen atoms in total. The summed E-state index contributed by atoms with van der Waals surface area (Å²) in [5.41, 5.74) is 1.62. The molecule has 0 radical (unpaired) electrons. The van der Waals surface area contributed by atoms with Gasteiger partial charge in [0.05, 0.1) is 29.1 Å². The molecular formula is C30H35Cl2N3O5S. The monoisotopic (exact) mass is 619 g/mol. The Morgan fingerprint density at radius 1 is 0.976 bits per heavy atom. The molecule has 0 bridgehead atoms. The van der Waals surface area contributed by atoms with Gasteiger partial charge in [0.1, 0.15) is 18.3 Å². The zero-order chi connectivity index (χ0) is 30.2. The van der Waals surface area contributed by atoms with Gasteiger partial charge >= 0.3 is 0 Å². The van der Waals surface area contributed by atoms with E-state index in [2.05, 4.69) is 5.32 Å². The highest BCUT2D eigenvalue weighted by Crippen LogP contribution is 2.34. The van der Waals surface area contributed by atoms with Crippen LogP contribution >= 0.6 is 23.2 Å². The van der Waals surface area contributed by atoms with E-state index in [-0.39, 0.29) is 40.6 Å². The van der Waals surface area contributed by atoms with Crippen LogP contribution < -0.4 is 14.4 Å². The second kappa shape index (κ2) is 14.6. The van der Waals surface area contributed by atoms with Crippen molar-refractivity contribution in [3.63, 3.8) is 0 Å². The lowest BCUT2D eigenvalue weighted by molar-refractivity contribution is -0.140. The van der Waals surface area contributed by atoms with E-state index in [9.17, 15) is 18.0 Å². The number of nitrogens with zero attached hydrogens (tertiary/aromatic N) is 2. The van der Waals surface area contributed by atoms with Crippen LogP contribution in [0.4, 0.5) is 5.69 Å². The molecule has 0 aromatic heterocycles. The van der Waals surface area contributed by atoms with Gasteiger partial charge in [-0.25, -0.2) is 8.42 Å². The molecule has 0 saturated carbocycles. The first-order chi connectivity index (χ1) is 19.4. The first-order valence-corrected chi connectivity index (χ1v) is 15.7. The number of carbonyl (C=O) groups is 2. The SMILES string of the molecule is CC[C@@H](C)NC(=O)[C@H](Cc1ccccc1)N(Cc1cccc(OC)c1)C(=O)CN(c1cccc(Cl)c1Cl)S(C)(=O)=O. The quantitative estimate of drug-likeness (QED) is 0.279. The molecule has 1 N–H and O–H groups in total. The van der Waals surface area contributed by atoms with Crippen molar-refractivity contribution in [2.45, 2.75) is 45.3 Å². The lowest BCUT2D eigenvalue weighted by atomic mass is 10.0. The summed E-state index contributed by atoms with van der Waals surface area (Å²) >= 11 is 12.5. The number of anilines is 1. The maximum absolute atomic E-state index is 14.2. The van der Waals surface area contributed by atoms with Crippen LogP contribution in [-0.2, 0) is 32.6 Å². The number of ether oxygens (including phenoxy) is 1. The molecule has 11 heteroatoms. The second-order valence-corrected chi connectivity index (χ2v) is 12.4. The highest BCUT2D eigenvalue weighted by atomic mass is 35.5. The summed E-state index contributed by atoms with van der Waals surface area (Å²) in [6.07, 6.45) is 1.90. The summed E-state index contributed by atoms with van der Waals surface area (Å²) in [4.78, 5) is 29.3. The van der Waals surface area contributed by atoms with Gasteiger partial charge in [-0.15, -0.1) is 0 Å². The van der Waals surface area contributed by atoms with E-state index >= 15 is 0 Å². The van der Waals surface area contributed by atoms with Crippen molar-refractivity contribution in [2.75, 3.05) is 24.2 Å². The topological polar surface area (TPSA) is 96.0 Å². The maximum atomic E-state index is 14.2. The molecule has 0 fully saturated rings. The zero-order valence-electron chi connectivity index (χ0n) is 23.5. The van der Waals surface area contributed by atoms with Gasteiger partial charge in [0.2, 0.25) is 21.8 Å². The number of halogens is 2. The van der Waals surface area contributed by atoms with Gasteiger partial charge in [-0.2, -0.15) is 0 Å². The minimum Gasteiger partial charge on any atom is -0.497 e.